The number of aryl methyl sites for hydroxylation is 1. The summed E-state index contributed by atoms with van der Waals surface area (Å²) in [7, 11) is -4.11. The molecule has 0 aliphatic heterocycles. The molecule has 2 rings (SSSR count). The summed E-state index contributed by atoms with van der Waals surface area (Å²) in [4.78, 5) is 20.0. The molecule has 144 valence electrons. The molecule has 2 aromatic carbocycles. The highest BCUT2D eigenvalue weighted by molar-refractivity contribution is 7.92. The van der Waals surface area contributed by atoms with Gasteiger partial charge in [-0.05, 0) is 36.6 Å². The summed E-state index contributed by atoms with van der Waals surface area (Å²) in [5.74, 6) is -1.60. The van der Waals surface area contributed by atoms with Gasteiger partial charge >= 0.3 is 11.7 Å². The molecule has 10 heteroatoms. The van der Waals surface area contributed by atoms with Crippen LogP contribution in [0, 0.1) is 15.9 Å². The minimum absolute atomic E-state index is 0.257. The van der Waals surface area contributed by atoms with Crippen molar-refractivity contribution < 1.29 is 27.3 Å². The summed E-state index contributed by atoms with van der Waals surface area (Å²) < 4.78 is 45.6. The van der Waals surface area contributed by atoms with E-state index < -0.39 is 31.3 Å². The van der Waals surface area contributed by atoms with Gasteiger partial charge in [-0.25, -0.2) is 8.42 Å². The van der Waals surface area contributed by atoms with Crippen LogP contribution in [-0.4, -0.2) is 25.9 Å². The van der Waals surface area contributed by atoms with Crippen LogP contribution in [0.1, 0.15) is 18.9 Å². The third-order valence-corrected chi connectivity index (χ3v) is 4.90. The molecular formula is C17H17FN2O6S. The van der Waals surface area contributed by atoms with Gasteiger partial charge in [0.05, 0.1) is 16.4 Å². The molecule has 0 spiro atoms. The third kappa shape index (κ3) is 5.74. The maximum absolute atomic E-state index is 13.7. The van der Waals surface area contributed by atoms with Gasteiger partial charge in [0.1, 0.15) is 0 Å². The number of halogens is 1. The van der Waals surface area contributed by atoms with Crippen LogP contribution >= 0.6 is 0 Å². The Kier molecular flexibility index (Phi) is 6.45. The largest absolute Gasteiger partial charge is 0.466 e. The van der Waals surface area contributed by atoms with Crippen LogP contribution in [0.15, 0.2) is 47.4 Å². The lowest BCUT2D eigenvalue weighted by Gasteiger charge is -2.10. The summed E-state index contributed by atoms with van der Waals surface area (Å²) in [6.45, 7) is 1.57. The van der Waals surface area contributed by atoms with Gasteiger partial charge in [-0.3, -0.25) is 19.6 Å². The first kappa shape index (κ1) is 20.3. The number of nitro groups is 1. The van der Waals surface area contributed by atoms with Crippen molar-refractivity contribution in [1.29, 1.82) is 0 Å². The van der Waals surface area contributed by atoms with Gasteiger partial charge in [0.25, 0.3) is 10.0 Å². The minimum Gasteiger partial charge on any atom is -0.466 e. The molecule has 0 radical (unpaired) electrons. The first-order valence-electron chi connectivity index (χ1n) is 7.88. The molecule has 0 heterocycles. The summed E-state index contributed by atoms with van der Waals surface area (Å²) in [5, 5.41) is 10.6. The highest BCUT2D eigenvalue weighted by Crippen LogP contribution is 2.23. The van der Waals surface area contributed by atoms with Crippen molar-refractivity contribution in [2.45, 2.75) is 24.7 Å². The molecule has 0 unspecified atom stereocenters. The average molecular weight is 396 g/mol. The average Bonchev–Trinajstić information content (AvgIpc) is 2.58. The molecule has 0 saturated carbocycles. The van der Waals surface area contributed by atoms with Gasteiger partial charge in [0, 0.05) is 24.7 Å². The fourth-order valence-electron chi connectivity index (χ4n) is 2.30. The molecule has 8 nitrogen and oxygen atoms in total. The van der Waals surface area contributed by atoms with E-state index in [1.807, 2.05) is 0 Å². The number of nitrogens with zero attached hydrogens (tertiary/aromatic N) is 1. The zero-order valence-electron chi connectivity index (χ0n) is 14.3. The van der Waals surface area contributed by atoms with Gasteiger partial charge in [0.15, 0.2) is 0 Å². The van der Waals surface area contributed by atoms with Crippen LogP contribution in [0.3, 0.4) is 0 Å². The Bertz CT molecular complexity index is 962. The second-order valence-electron chi connectivity index (χ2n) is 5.62. The quantitative estimate of drug-likeness (QED) is 0.317. The first-order valence-corrected chi connectivity index (χ1v) is 9.36. The normalized spacial score (nSPS) is 11.0. The van der Waals surface area contributed by atoms with Crippen molar-refractivity contribution in [3.8, 4) is 0 Å². The van der Waals surface area contributed by atoms with Crippen LogP contribution in [0.4, 0.5) is 15.8 Å². The highest BCUT2D eigenvalue weighted by Gasteiger charge is 2.20. The van der Waals surface area contributed by atoms with E-state index in [-0.39, 0.29) is 18.3 Å². The molecule has 0 bridgehead atoms. The zero-order valence-corrected chi connectivity index (χ0v) is 15.2. The zero-order chi connectivity index (χ0) is 20.0. The lowest BCUT2D eigenvalue weighted by molar-refractivity contribution is -0.387. The number of rotatable bonds is 8. The van der Waals surface area contributed by atoms with Gasteiger partial charge < -0.3 is 4.74 Å². The van der Waals surface area contributed by atoms with E-state index in [1.165, 1.54) is 13.0 Å². The van der Waals surface area contributed by atoms with Crippen LogP contribution < -0.4 is 4.72 Å². The summed E-state index contributed by atoms with van der Waals surface area (Å²) in [6.07, 6.45) is 1.14. The van der Waals surface area contributed by atoms with Crippen molar-refractivity contribution in [3.05, 3.63) is 64.0 Å². The molecular weight excluding hydrogens is 379 g/mol. The van der Waals surface area contributed by atoms with Crippen LogP contribution in [0.2, 0.25) is 0 Å². The van der Waals surface area contributed by atoms with E-state index >= 15 is 0 Å². The number of esters is 1. The molecule has 0 aliphatic carbocycles. The number of ether oxygens (including phenoxy) is 1. The number of hydrogen-bond donors (Lipinski definition) is 1. The topological polar surface area (TPSA) is 116 Å². The van der Waals surface area contributed by atoms with E-state index in [4.69, 9.17) is 4.74 Å². The molecule has 0 amide bonds. The predicted octanol–water partition coefficient (Wildman–Crippen LogP) is 3.03. The van der Waals surface area contributed by atoms with Crippen molar-refractivity contribution in [2.24, 2.45) is 0 Å². The van der Waals surface area contributed by atoms with Gasteiger partial charge in [-0.2, -0.15) is 4.39 Å². The lowest BCUT2D eigenvalue weighted by atomic mass is 10.1. The standard InChI is InChI=1S/C17H17FN2O6S/c1-12(21)26-9-3-5-13-4-2-6-14(10-13)19-27(24,25)15-7-8-17(20(22)23)16(18)11-15/h2,4,6-8,10-11,19H,3,5,9H2,1H3. The van der Waals surface area contributed by atoms with Gasteiger partial charge in [-0.15, -0.1) is 0 Å². The number of sulfonamides is 1. The number of benzene rings is 2. The van der Waals surface area contributed by atoms with Crippen LogP contribution in [-0.2, 0) is 26.0 Å². The molecule has 0 fully saturated rings. The molecule has 1 N–H and O–H groups in total. The Labute approximate surface area is 155 Å². The monoisotopic (exact) mass is 396 g/mol. The van der Waals surface area contributed by atoms with E-state index in [0.717, 1.165) is 17.7 Å². The van der Waals surface area contributed by atoms with Crippen molar-refractivity contribution in [2.75, 3.05) is 11.3 Å². The molecule has 0 aliphatic rings. The number of anilines is 1. The fourth-order valence-corrected chi connectivity index (χ4v) is 3.36. The van der Waals surface area contributed by atoms with E-state index in [2.05, 4.69) is 4.72 Å². The number of carbonyl (C=O) groups excluding carboxylic acids is 1. The van der Waals surface area contributed by atoms with Crippen molar-refractivity contribution >= 4 is 27.4 Å². The highest BCUT2D eigenvalue weighted by atomic mass is 32.2. The van der Waals surface area contributed by atoms with Crippen LogP contribution in [0.5, 0.6) is 0 Å². The minimum atomic E-state index is -4.11. The van der Waals surface area contributed by atoms with Crippen LogP contribution in [0.25, 0.3) is 0 Å². The Hall–Kier alpha value is -3.01. The summed E-state index contributed by atoms with van der Waals surface area (Å²) in [5.41, 5.74) is 0.278. The lowest BCUT2D eigenvalue weighted by Crippen LogP contribution is -2.13. The number of nitrogens with one attached hydrogen (secondary N) is 1. The second-order valence-corrected chi connectivity index (χ2v) is 7.30. The van der Waals surface area contributed by atoms with E-state index in [0.29, 0.717) is 18.9 Å². The van der Waals surface area contributed by atoms with Crippen molar-refractivity contribution in [3.63, 3.8) is 0 Å². The molecule has 2 aromatic rings. The van der Waals surface area contributed by atoms with E-state index in [9.17, 15) is 27.7 Å². The van der Waals surface area contributed by atoms with Crippen molar-refractivity contribution in [1.82, 2.24) is 0 Å². The second kappa shape index (κ2) is 8.58. The third-order valence-electron chi connectivity index (χ3n) is 3.52. The smallest absolute Gasteiger partial charge is 0.304 e. The molecule has 0 saturated heterocycles. The summed E-state index contributed by atoms with van der Waals surface area (Å²) >= 11 is 0. The maximum Gasteiger partial charge on any atom is 0.304 e. The fraction of sp³-hybridized carbons (Fsp3) is 0.235. The number of nitro benzene ring substituents is 1. The van der Waals surface area contributed by atoms with E-state index in [1.54, 1.807) is 18.2 Å². The van der Waals surface area contributed by atoms with Gasteiger partial charge in [0.2, 0.25) is 5.82 Å². The number of carbonyl (C=O) groups is 1. The predicted molar refractivity (Wildman–Crippen MR) is 95.3 cm³/mol. The molecule has 27 heavy (non-hydrogen) atoms. The summed E-state index contributed by atoms with van der Waals surface area (Å²) in [6, 6.07) is 8.93. The number of hydrogen-bond acceptors (Lipinski definition) is 6. The molecule has 0 aromatic heterocycles. The Balaban J connectivity index is 2.11. The Morgan fingerprint density at radius 1 is 1.26 bits per heavy atom. The first-order chi connectivity index (χ1) is 12.7. The molecule has 0 atom stereocenters. The van der Waals surface area contributed by atoms with Gasteiger partial charge in [-0.1, -0.05) is 12.1 Å². The Morgan fingerprint density at radius 2 is 2.00 bits per heavy atom. The maximum atomic E-state index is 13.7. The Morgan fingerprint density at radius 3 is 2.63 bits per heavy atom. The SMILES string of the molecule is CC(=O)OCCCc1cccc(NS(=O)(=O)c2ccc([N+](=O)[O-])c(F)c2)c1.